The summed E-state index contributed by atoms with van der Waals surface area (Å²) in [6.45, 7) is 10.6. The second-order valence-electron chi connectivity index (χ2n) is 12.9. The van der Waals surface area contributed by atoms with Crippen molar-refractivity contribution in [2.24, 2.45) is 46.3 Å². The molecule has 34 heavy (non-hydrogen) atoms. The van der Waals surface area contributed by atoms with E-state index in [0.717, 1.165) is 24.8 Å². The normalized spacial score (nSPS) is 43.1. The van der Waals surface area contributed by atoms with Gasteiger partial charge in [-0.2, -0.15) is 0 Å². The van der Waals surface area contributed by atoms with Gasteiger partial charge in [-0.3, -0.25) is 4.79 Å². The molecule has 0 bridgehead atoms. The summed E-state index contributed by atoms with van der Waals surface area (Å²) in [6.07, 6.45) is 7.95. The first-order valence-corrected chi connectivity index (χ1v) is 13.1. The van der Waals surface area contributed by atoms with Crippen LogP contribution in [0.15, 0.2) is 11.6 Å². The molecule has 194 valence electrons. The fourth-order valence-corrected chi connectivity index (χ4v) is 8.55. The lowest BCUT2D eigenvalue weighted by Gasteiger charge is -2.64. The van der Waals surface area contributed by atoms with E-state index in [1.165, 1.54) is 26.2 Å². The van der Waals surface area contributed by atoms with Crippen molar-refractivity contribution < 1.29 is 35.4 Å². The molecule has 7 heteroatoms. The Morgan fingerprint density at radius 3 is 2.15 bits per heavy atom. The number of carbonyl (C=O) groups excluding carboxylic acids is 1. The summed E-state index contributed by atoms with van der Waals surface area (Å²) in [6, 6.07) is 0. The van der Waals surface area contributed by atoms with Crippen LogP contribution in [0.25, 0.3) is 0 Å². The molecule has 6 N–H and O–H groups in total. The van der Waals surface area contributed by atoms with Gasteiger partial charge in [-0.05, 0) is 66.8 Å². The highest BCUT2D eigenvalue weighted by atomic mass is 16.7. The highest BCUT2D eigenvalue weighted by molar-refractivity contribution is 5.95. The summed E-state index contributed by atoms with van der Waals surface area (Å²) in [5.41, 5.74) is -0.783. The van der Waals surface area contributed by atoms with Gasteiger partial charge in [0.05, 0.1) is 0 Å². The molecule has 3 saturated carbocycles. The van der Waals surface area contributed by atoms with Crippen LogP contribution in [0.4, 0.5) is 0 Å². The van der Waals surface area contributed by atoms with Crippen molar-refractivity contribution in [3.8, 4) is 0 Å². The number of ketones is 1. The van der Waals surface area contributed by atoms with Crippen LogP contribution in [-0.4, -0.2) is 53.8 Å². The largest absolute Gasteiger partial charge is 0.361 e. The number of hydrogen-bond acceptors (Lipinski definition) is 7. The van der Waals surface area contributed by atoms with Crippen LogP contribution in [0, 0.1) is 46.3 Å². The standard InChI is InChI=1S/C27H44O7/c1-15(2)7-6-8-16(3)18-9-10-19-17-13-22(28)21-14-25(29,30)27(33,34)26(31,32)24(21,5)20(17)11-12-23(18,19)4/h13,15-16,18-21,29-34H,6-12,14H2,1-5H3/t16-,18-,19+,20+,21?,23-,24-/m1/s1. The predicted octanol–water partition coefficient (Wildman–Crippen LogP) is 2.47. The summed E-state index contributed by atoms with van der Waals surface area (Å²) in [5, 5.41) is 63.7. The van der Waals surface area contributed by atoms with Gasteiger partial charge in [0.1, 0.15) is 0 Å². The Morgan fingerprint density at radius 1 is 0.882 bits per heavy atom. The van der Waals surface area contributed by atoms with Crippen LogP contribution in [-0.2, 0) is 4.79 Å². The fourth-order valence-electron chi connectivity index (χ4n) is 8.55. The summed E-state index contributed by atoms with van der Waals surface area (Å²) < 4.78 is 0. The van der Waals surface area contributed by atoms with E-state index in [1.807, 2.05) is 0 Å². The van der Waals surface area contributed by atoms with Crippen molar-refractivity contribution in [1.82, 2.24) is 0 Å². The van der Waals surface area contributed by atoms with E-state index in [9.17, 15) is 35.4 Å². The lowest BCUT2D eigenvalue weighted by atomic mass is 9.44. The molecule has 0 aromatic carbocycles. The molecule has 0 saturated heterocycles. The summed E-state index contributed by atoms with van der Waals surface area (Å²) in [4.78, 5) is 13.3. The van der Waals surface area contributed by atoms with Crippen molar-refractivity contribution >= 4 is 5.78 Å². The smallest absolute Gasteiger partial charge is 0.274 e. The highest BCUT2D eigenvalue weighted by Crippen LogP contribution is 2.69. The van der Waals surface area contributed by atoms with Crippen LogP contribution in [0.3, 0.4) is 0 Å². The number of aliphatic hydroxyl groups is 6. The van der Waals surface area contributed by atoms with Crippen LogP contribution in [0.1, 0.15) is 86.0 Å². The maximum atomic E-state index is 13.3. The molecule has 4 aliphatic carbocycles. The van der Waals surface area contributed by atoms with Crippen LogP contribution < -0.4 is 0 Å². The highest BCUT2D eigenvalue weighted by Gasteiger charge is 2.78. The average Bonchev–Trinajstić information content (AvgIpc) is 3.07. The minimum Gasteiger partial charge on any atom is -0.361 e. The summed E-state index contributed by atoms with van der Waals surface area (Å²) in [5.74, 6) is -10.2. The molecule has 7 atom stereocenters. The van der Waals surface area contributed by atoms with Gasteiger partial charge in [-0.1, -0.05) is 59.5 Å². The first-order valence-electron chi connectivity index (χ1n) is 13.1. The van der Waals surface area contributed by atoms with E-state index in [1.54, 1.807) is 6.08 Å². The van der Waals surface area contributed by atoms with Gasteiger partial charge in [-0.25, -0.2) is 0 Å². The SMILES string of the molecule is CC(C)CCC[C@@H](C)[C@H]1CC[C@H]2C3=CC(=O)C4CC(O)(O)C(O)(O)C(O)(O)[C@]4(C)[C@H]3CC[C@]12C. The number of rotatable bonds is 5. The number of fused-ring (bicyclic) bond motifs is 5. The minimum atomic E-state index is -3.60. The van der Waals surface area contributed by atoms with Crippen LogP contribution in [0.2, 0.25) is 0 Å². The van der Waals surface area contributed by atoms with Crippen molar-refractivity contribution in [2.75, 3.05) is 0 Å². The molecule has 0 aromatic heterocycles. The monoisotopic (exact) mass is 480 g/mol. The van der Waals surface area contributed by atoms with Gasteiger partial charge in [0, 0.05) is 17.8 Å². The van der Waals surface area contributed by atoms with Gasteiger partial charge in [0.15, 0.2) is 5.78 Å². The third-order valence-electron chi connectivity index (χ3n) is 10.7. The zero-order chi connectivity index (χ0) is 25.5. The Morgan fingerprint density at radius 2 is 1.53 bits per heavy atom. The molecule has 4 rings (SSSR count). The molecule has 0 aromatic rings. The molecular formula is C27H44O7. The van der Waals surface area contributed by atoms with Crippen LogP contribution >= 0.6 is 0 Å². The lowest BCUT2D eigenvalue weighted by Crippen LogP contribution is -2.81. The molecule has 3 fully saturated rings. The molecule has 1 unspecified atom stereocenters. The zero-order valence-corrected chi connectivity index (χ0v) is 21.3. The maximum absolute atomic E-state index is 13.3. The average molecular weight is 481 g/mol. The Labute approximate surface area is 202 Å². The van der Waals surface area contributed by atoms with E-state index in [4.69, 9.17) is 0 Å². The summed E-state index contributed by atoms with van der Waals surface area (Å²) >= 11 is 0. The zero-order valence-electron chi connectivity index (χ0n) is 21.3. The van der Waals surface area contributed by atoms with Crippen molar-refractivity contribution in [1.29, 1.82) is 0 Å². The number of hydrogen-bond donors (Lipinski definition) is 6. The maximum Gasteiger partial charge on any atom is 0.274 e. The molecule has 0 aliphatic heterocycles. The van der Waals surface area contributed by atoms with Gasteiger partial charge in [0.25, 0.3) is 5.79 Å². The minimum absolute atomic E-state index is 0.00146. The van der Waals surface area contributed by atoms with E-state index in [0.29, 0.717) is 24.2 Å². The summed E-state index contributed by atoms with van der Waals surface area (Å²) in [7, 11) is 0. The molecular weight excluding hydrogens is 436 g/mol. The van der Waals surface area contributed by atoms with Gasteiger partial charge >= 0.3 is 0 Å². The Bertz CT molecular complexity index is 859. The Kier molecular flexibility index (Phi) is 6.24. The first-order chi connectivity index (χ1) is 15.5. The molecule has 0 heterocycles. The van der Waals surface area contributed by atoms with E-state index < -0.39 is 46.8 Å². The Balaban J connectivity index is 1.67. The van der Waals surface area contributed by atoms with Crippen molar-refractivity contribution in [2.45, 2.75) is 103 Å². The molecule has 0 spiro atoms. The third-order valence-corrected chi connectivity index (χ3v) is 10.7. The topological polar surface area (TPSA) is 138 Å². The van der Waals surface area contributed by atoms with E-state index in [2.05, 4.69) is 27.7 Å². The second-order valence-corrected chi connectivity index (χ2v) is 12.9. The van der Waals surface area contributed by atoms with Gasteiger partial charge in [-0.15, -0.1) is 0 Å². The van der Waals surface area contributed by atoms with Gasteiger partial charge < -0.3 is 30.6 Å². The van der Waals surface area contributed by atoms with Crippen molar-refractivity contribution in [3.05, 3.63) is 11.6 Å². The molecule has 0 radical (unpaired) electrons. The van der Waals surface area contributed by atoms with Crippen molar-refractivity contribution in [3.63, 3.8) is 0 Å². The number of allylic oxidation sites excluding steroid dienone is 2. The molecule has 4 aliphatic rings. The Hall–Kier alpha value is -0.830. The molecule has 0 amide bonds. The predicted molar refractivity (Wildman–Crippen MR) is 126 cm³/mol. The third kappa shape index (κ3) is 3.34. The van der Waals surface area contributed by atoms with E-state index in [-0.39, 0.29) is 11.3 Å². The second kappa shape index (κ2) is 8.09. The number of carbonyl (C=O) groups is 1. The van der Waals surface area contributed by atoms with Crippen LogP contribution in [0.5, 0.6) is 0 Å². The first kappa shape index (κ1) is 26.2. The molecule has 7 nitrogen and oxygen atoms in total. The fraction of sp³-hybridized carbons (Fsp3) is 0.889. The van der Waals surface area contributed by atoms with Gasteiger partial charge in [0.2, 0.25) is 11.6 Å². The van der Waals surface area contributed by atoms with E-state index >= 15 is 0 Å². The lowest BCUT2D eigenvalue weighted by molar-refractivity contribution is -0.503. The quantitative estimate of drug-likeness (QED) is 0.332.